The third kappa shape index (κ3) is 5.24. The Balaban J connectivity index is 2.53. The van der Waals surface area contributed by atoms with Gasteiger partial charge in [0.05, 0.1) is 5.56 Å². The highest BCUT2D eigenvalue weighted by Crippen LogP contribution is 2.17. The van der Waals surface area contributed by atoms with Gasteiger partial charge in [0.25, 0.3) is 5.91 Å². The van der Waals surface area contributed by atoms with E-state index in [0.717, 1.165) is 23.2 Å². The summed E-state index contributed by atoms with van der Waals surface area (Å²) < 4.78 is 0. The molecule has 0 aliphatic carbocycles. The van der Waals surface area contributed by atoms with Gasteiger partial charge in [-0.1, -0.05) is 38.7 Å². The molecule has 1 amide bonds. The van der Waals surface area contributed by atoms with Crippen LogP contribution >= 0.6 is 0 Å². The van der Waals surface area contributed by atoms with E-state index in [4.69, 9.17) is 0 Å². The fourth-order valence-corrected chi connectivity index (χ4v) is 2.31. The standard InChI is InChI=1S/C17H28N2O/c1-5-6-7-8-9-14(3)19-17(20)15-11-10-13(2)12-16(15)18-4/h10-12,14,18H,5-9H2,1-4H3,(H,19,20). The largest absolute Gasteiger partial charge is 0.387 e. The van der Waals surface area contributed by atoms with E-state index < -0.39 is 0 Å². The number of carbonyl (C=O) groups is 1. The third-order valence-corrected chi connectivity index (χ3v) is 3.56. The number of carbonyl (C=O) groups excluding carboxylic acids is 1. The molecule has 1 aromatic rings. The zero-order valence-electron chi connectivity index (χ0n) is 13.3. The highest BCUT2D eigenvalue weighted by molar-refractivity contribution is 5.99. The molecule has 1 unspecified atom stereocenters. The van der Waals surface area contributed by atoms with Gasteiger partial charge in [-0.15, -0.1) is 0 Å². The minimum Gasteiger partial charge on any atom is -0.387 e. The quantitative estimate of drug-likeness (QED) is 0.701. The van der Waals surface area contributed by atoms with Crippen molar-refractivity contribution in [2.45, 2.75) is 58.9 Å². The molecule has 1 atom stereocenters. The second kappa shape index (κ2) is 8.62. The molecule has 0 heterocycles. The Bertz CT molecular complexity index is 429. The van der Waals surface area contributed by atoms with Gasteiger partial charge in [0.1, 0.15) is 0 Å². The number of anilines is 1. The Kier molecular flexibility index (Phi) is 7.13. The molecule has 0 saturated heterocycles. The molecule has 3 nitrogen and oxygen atoms in total. The van der Waals surface area contributed by atoms with Gasteiger partial charge in [0.15, 0.2) is 0 Å². The number of aryl methyl sites for hydroxylation is 1. The normalized spacial score (nSPS) is 12.0. The Hall–Kier alpha value is -1.51. The summed E-state index contributed by atoms with van der Waals surface area (Å²) in [5.41, 5.74) is 2.76. The fraction of sp³-hybridized carbons (Fsp3) is 0.588. The Morgan fingerprint density at radius 1 is 1.25 bits per heavy atom. The zero-order chi connectivity index (χ0) is 15.0. The number of hydrogen-bond acceptors (Lipinski definition) is 2. The van der Waals surface area contributed by atoms with Crippen LogP contribution in [0.3, 0.4) is 0 Å². The smallest absolute Gasteiger partial charge is 0.253 e. The lowest BCUT2D eigenvalue weighted by atomic mass is 10.1. The SMILES string of the molecule is CCCCCCC(C)NC(=O)c1ccc(C)cc1NC. The molecule has 2 N–H and O–H groups in total. The van der Waals surface area contributed by atoms with Gasteiger partial charge in [0.2, 0.25) is 0 Å². The first kappa shape index (κ1) is 16.5. The summed E-state index contributed by atoms with van der Waals surface area (Å²) in [6.07, 6.45) is 6.01. The van der Waals surface area contributed by atoms with Crippen LogP contribution in [0.2, 0.25) is 0 Å². The van der Waals surface area contributed by atoms with Crippen molar-refractivity contribution in [3.8, 4) is 0 Å². The summed E-state index contributed by atoms with van der Waals surface area (Å²) in [7, 11) is 1.85. The summed E-state index contributed by atoms with van der Waals surface area (Å²) >= 11 is 0. The van der Waals surface area contributed by atoms with Crippen LogP contribution in [0, 0.1) is 6.92 Å². The first-order valence-corrected chi connectivity index (χ1v) is 7.67. The lowest BCUT2D eigenvalue weighted by molar-refractivity contribution is 0.0938. The van der Waals surface area contributed by atoms with E-state index in [1.165, 1.54) is 25.7 Å². The minimum atomic E-state index is 0.0114. The van der Waals surface area contributed by atoms with Crippen LogP contribution in [0.1, 0.15) is 61.9 Å². The van der Waals surface area contributed by atoms with Crippen molar-refractivity contribution in [3.05, 3.63) is 29.3 Å². The van der Waals surface area contributed by atoms with Crippen LogP contribution < -0.4 is 10.6 Å². The number of rotatable bonds is 8. The van der Waals surface area contributed by atoms with Crippen LogP contribution in [0.4, 0.5) is 5.69 Å². The maximum Gasteiger partial charge on any atom is 0.253 e. The van der Waals surface area contributed by atoms with Crippen LogP contribution in [0.5, 0.6) is 0 Å². The van der Waals surface area contributed by atoms with Gasteiger partial charge in [-0.05, 0) is 38.0 Å². The second-order valence-electron chi connectivity index (χ2n) is 5.52. The predicted molar refractivity (Wildman–Crippen MR) is 86.4 cm³/mol. The van der Waals surface area contributed by atoms with Crippen LogP contribution in [-0.4, -0.2) is 19.0 Å². The highest BCUT2D eigenvalue weighted by Gasteiger charge is 2.13. The second-order valence-corrected chi connectivity index (χ2v) is 5.52. The van der Waals surface area contributed by atoms with Gasteiger partial charge in [-0.25, -0.2) is 0 Å². The van der Waals surface area contributed by atoms with Crippen molar-refractivity contribution in [2.24, 2.45) is 0 Å². The van der Waals surface area contributed by atoms with Crippen molar-refractivity contribution >= 4 is 11.6 Å². The van der Waals surface area contributed by atoms with E-state index in [1.807, 2.05) is 32.2 Å². The molecule has 20 heavy (non-hydrogen) atoms. The Labute approximate surface area is 123 Å². The molecule has 112 valence electrons. The Morgan fingerprint density at radius 3 is 2.65 bits per heavy atom. The highest BCUT2D eigenvalue weighted by atomic mass is 16.1. The van der Waals surface area contributed by atoms with Crippen LogP contribution in [-0.2, 0) is 0 Å². The molecule has 0 saturated carbocycles. The number of amides is 1. The summed E-state index contributed by atoms with van der Waals surface area (Å²) in [4.78, 5) is 12.3. The van der Waals surface area contributed by atoms with Gasteiger partial charge < -0.3 is 10.6 Å². The molecule has 1 rings (SSSR count). The summed E-state index contributed by atoms with van der Waals surface area (Å²) in [5, 5.41) is 6.18. The summed E-state index contributed by atoms with van der Waals surface area (Å²) in [6.45, 7) is 6.32. The summed E-state index contributed by atoms with van der Waals surface area (Å²) in [6, 6.07) is 6.09. The molecule has 0 aliphatic rings. The van der Waals surface area contributed by atoms with Gasteiger partial charge in [-0.3, -0.25) is 4.79 Å². The summed E-state index contributed by atoms with van der Waals surface area (Å²) in [5.74, 6) is 0.0114. The Morgan fingerprint density at radius 2 is 2.00 bits per heavy atom. The average molecular weight is 276 g/mol. The van der Waals surface area contributed by atoms with Crippen molar-refractivity contribution in [2.75, 3.05) is 12.4 Å². The van der Waals surface area contributed by atoms with Crippen molar-refractivity contribution in [3.63, 3.8) is 0 Å². The molecule has 0 aromatic heterocycles. The molecule has 0 bridgehead atoms. The predicted octanol–water partition coefficient (Wildman–Crippen LogP) is 4.13. The van der Waals surface area contributed by atoms with E-state index in [-0.39, 0.29) is 11.9 Å². The van der Waals surface area contributed by atoms with E-state index in [9.17, 15) is 4.79 Å². The number of nitrogens with one attached hydrogen (secondary N) is 2. The molecule has 1 aromatic carbocycles. The average Bonchev–Trinajstić information content (AvgIpc) is 2.43. The van der Waals surface area contributed by atoms with Crippen LogP contribution in [0.15, 0.2) is 18.2 Å². The van der Waals surface area contributed by atoms with Crippen LogP contribution in [0.25, 0.3) is 0 Å². The number of benzene rings is 1. The molecule has 0 radical (unpaired) electrons. The van der Waals surface area contributed by atoms with Crippen molar-refractivity contribution < 1.29 is 4.79 Å². The minimum absolute atomic E-state index is 0.0114. The zero-order valence-corrected chi connectivity index (χ0v) is 13.3. The fourth-order valence-electron chi connectivity index (χ4n) is 2.31. The maximum atomic E-state index is 12.3. The lowest BCUT2D eigenvalue weighted by Crippen LogP contribution is -2.32. The van der Waals surface area contributed by atoms with Crippen molar-refractivity contribution in [1.82, 2.24) is 5.32 Å². The molecule has 0 fully saturated rings. The first-order valence-electron chi connectivity index (χ1n) is 7.67. The number of hydrogen-bond donors (Lipinski definition) is 2. The van der Waals surface area contributed by atoms with E-state index in [0.29, 0.717) is 0 Å². The molecule has 0 spiro atoms. The third-order valence-electron chi connectivity index (χ3n) is 3.56. The molecule has 3 heteroatoms. The number of unbranched alkanes of at least 4 members (excludes halogenated alkanes) is 3. The van der Waals surface area contributed by atoms with Gasteiger partial charge >= 0.3 is 0 Å². The monoisotopic (exact) mass is 276 g/mol. The first-order chi connectivity index (χ1) is 9.58. The lowest BCUT2D eigenvalue weighted by Gasteiger charge is -2.16. The van der Waals surface area contributed by atoms with E-state index in [2.05, 4.69) is 24.5 Å². The topological polar surface area (TPSA) is 41.1 Å². The van der Waals surface area contributed by atoms with Gasteiger partial charge in [0, 0.05) is 18.8 Å². The van der Waals surface area contributed by atoms with E-state index >= 15 is 0 Å². The maximum absolute atomic E-state index is 12.3. The molecular weight excluding hydrogens is 248 g/mol. The molecular formula is C17H28N2O. The van der Waals surface area contributed by atoms with Crippen molar-refractivity contribution in [1.29, 1.82) is 0 Å². The van der Waals surface area contributed by atoms with E-state index in [1.54, 1.807) is 0 Å². The molecule has 0 aliphatic heterocycles. The van der Waals surface area contributed by atoms with Gasteiger partial charge in [-0.2, -0.15) is 0 Å².